The average molecular weight is 228 g/mol. The Balaban J connectivity index is -0.0000000326. The fourth-order valence-electron chi connectivity index (χ4n) is 0. The van der Waals surface area contributed by atoms with E-state index in [0.29, 0.717) is 5.17 Å². The molecule has 0 unspecified atom stereocenters. The maximum atomic E-state index is 5.16. The molecule has 64 valence electrons. The van der Waals surface area contributed by atoms with Gasteiger partial charge in [-0.2, -0.15) is 0 Å². The van der Waals surface area contributed by atoms with Crippen LogP contribution in [0.25, 0.3) is 0 Å². The number of nitrogens with two attached hydrogens (primary N) is 2. The lowest BCUT2D eigenvalue weighted by molar-refractivity contribution is -0.111. The normalized spacial score (nSPS) is 5.10. The number of hydrogen-bond acceptors (Lipinski definition) is 0. The fourth-order valence-corrected chi connectivity index (χ4v) is 0. The highest BCUT2D eigenvalue weighted by Gasteiger charge is 1.83. The summed E-state index contributed by atoms with van der Waals surface area (Å²) in [5, 5.41) is 9.94. The molecule has 4 N–H and O–H groups in total. The van der Waals surface area contributed by atoms with Crippen molar-refractivity contribution in [2.75, 3.05) is 0 Å². The van der Waals surface area contributed by atoms with E-state index in [1.165, 1.54) is 0 Å². The van der Waals surface area contributed by atoms with Gasteiger partial charge in [-0.3, -0.25) is 5.41 Å². The van der Waals surface area contributed by atoms with Gasteiger partial charge in [-0.25, -0.2) is 5.41 Å². The Morgan fingerprint density at radius 3 is 1.60 bits per heavy atom. The summed E-state index contributed by atoms with van der Waals surface area (Å²) >= 11 is 9.81. The Kier molecular flexibility index (Phi) is 50.9. The molecular formula is C4H10Cl4N2. The molecule has 0 amide bonds. The second-order valence-electron chi connectivity index (χ2n) is 0.926. The van der Waals surface area contributed by atoms with E-state index >= 15 is 0 Å². The summed E-state index contributed by atoms with van der Waals surface area (Å²) in [5.41, 5.74) is 0.972. The highest BCUT2D eigenvalue weighted by atomic mass is 35.5. The van der Waals surface area contributed by atoms with Crippen LogP contribution in [0.3, 0.4) is 0 Å². The first kappa shape index (κ1) is 22.4. The van der Waals surface area contributed by atoms with E-state index in [2.05, 4.69) is 17.0 Å². The summed E-state index contributed by atoms with van der Waals surface area (Å²) < 4.78 is 0. The summed E-state index contributed by atoms with van der Waals surface area (Å²) in [6, 6.07) is 0. The zero-order valence-electron chi connectivity index (χ0n) is 5.45. The number of halogens is 4. The van der Waals surface area contributed by atoms with Crippen molar-refractivity contribution < 1.29 is 35.6 Å². The third kappa shape index (κ3) is 76.5. The maximum absolute atomic E-state index is 5.16. The molecule has 0 radical (unpaired) electrons. The van der Waals surface area contributed by atoms with Gasteiger partial charge in [-0.05, 0) is 23.2 Å². The second-order valence-corrected chi connectivity index (χ2v) is 1.66. The Labute approximate surface area is 83.1 Å². The number of rotatable bonds is 1. The lowest BCUT2D eigenvalue weighted by Crippen LogP contribution is -3.00. The van der Waals surface area contributed by atoms with E-state index in [0.717, 1.165) is 12.1 Å². The van der Waals surface area contributed by atoms with Gasteiger partial charge in [0.15, 0.2) is 0 Å². The molecule has 0 saturated carbocycles. The van der Waals surface area contributed by atoms with Crippen LogP contribution in [-0.4, -0.2) is 10.8 Å². The molecule has 0 saturated heterocycles. The van der Waals surface area contributed by atoms with Crippen molar-refractivity contribution in [1.82, 2.24) is 0 Å². The maximum Gasteiger partial charge on any atom is 0.241 e. The zero-order valence-corrected chi connectivity index (χ0v) is 8.47. The topological polar surface area (TPSA) is 51.2 Å². The Morgan fingerprint density at radius 1 is 1.50 bits per heavy atom. The highest BCUT2D eigenvalue weighted by molar-refractivity contribution is 6.63. The molecule has 6 heteroatoms. The third-order valence-electron chi connectivity index (χ3n) is 0.338. The highest BCUT2D eigenvalue weighted by Crippen LogP contribution is 1.77. The predicted molar refractivity (Wildman–Crippen MR) is 36.9 cm³/mol. The molecule has 0 atom stereocenters. The zero-order chi connectivity index (χ0) is 6.99. The van der Waals surface area contributed by atoms with E-state index in [-0.39, 0.29) is 24.8 Å². The minimum atomic E-state index is 0. The predicted octanol–water partition coefficient (Wildman–Crippen LogP) is -7.19. The Morgan fingerprint density at radius 2 is 1.60 bits per heavy atom. The standard InChI is InChI=1S/C3H6ClN.CH2ClN.2ClH/c1-2-3(4)5;2-1-3;;/h5H,2H2,1H3;1,3H;2*1H. The summed E-state index contributed by atoms with van der Waals surface area (Å²) in [4.78, 5) is 0. The molecule has 0 aromatic rings. The van der Waals surface area contributed by atoms with Crippen LogP contribution >= 0.6 is 23.2 Å². The molecular weight excluding hydrogens is 218 g/mol. The van der Waals surface area contributed by atoms with Crippen molar-refractivity contribution in [1.29, 1.82) is 0 Å². The largest absolute Gasteiger partial charge is 1.00 e. The first-order valence-electron chi connectivity index (χ1n) is 2.09. The van der Waals surface area contributed by atoms with Crippen LogP contribution in [0, 0.1) is 0 Å². The van der Waals surface area contributed by atoms with Crippen LogP contribution in [0.5, 0.6) is 0 Å². The van der Waals surface area contributed by atoms with Gasteiger partial charge in [0.25, 0.3) is 0 Å². The van der Waals surface area contributed by atoms with Crippen LogP contribution in [-0.2, 0) is 0 Å². The fraction of sp³-hybridized carbons (Fsp3) is 0.500. The summed E-state index contributed by atoms with van der Waals surface area (Å²) in [6.07, 6.45) is 0.765. The van der Waals surface area contributed by atoms with E-state index in [1.807, 2.05) is 6.92 Å². The molecule has 0 bridgehead atoms. The quantitative estimate of drug-likeness (QED) is 0.419. The van der Waals surface area contributed by atoms with Crippen molar-refractivity contribution in [3.8, 4) is 0 Å². The Bertz CT molecular complexity index is 75.7. The summed E-state index contributed by atoms with van der Waals surface area (Å²) in [6.45, 7) is 1.91. The minimum absolute atomic E-state index is 0. The smallest absolute Gasteiger partial charge is 0.241 e. The van der Waals surface area contributed by atoms with Crippen molar-refractivity contribution in [2.24, 2.45) is 0 Å². The van der Waals surface area contributed by atoms with Gasteiger partial charge in [0.2, 0.25) is 10.8 Å². The van der Waals surface area contributed by atoms with Gasteiger partial charge in [-0.15, -0.1) is 0 Å². The first-order valence-corrected chi connectivity index (χ1v) is 2.90. The minimum Gasteiger partial charge on any atom is -1.00 e. The summed E-state index contributed by atoms with van der Waals surface area (Å²) in [7, 11) is 0. The van der Waals surface area contributed by atoms with Gasteiger partial charge in [0.1, 0.15) is 0 Å². The molecule has 0 fully saturated rings. The molecule has 0 spiro atoms. The van der Waals surface area contributed by atoms with Crippen molar-refractivity contribution in [3.63, 3.8) is 0 Å². The van der Waals surface area contributed by atoms with E-state index in [1.54, 1.807) is 0 Å². The molecule has 0 aliphatic rings. The molecule has 2 nitrogen and oxygen atoms in total. The van der Waals surface area contributed by atoms with Gasteiger partial charge >= 0.3 is 0 Å². The van der Waals surface area contributed by atoms with Gasteiger partial charge in [-0.1, -0.05) is 6.92 Å². The monoisotopic (exact) mass is 226 g/mol. The first-order chi connectivity index (χ1) is 3.68. The summed E-state index contributed by atoms with van der Waals surface area (Å²) in [5.74, 6) is 0. The van der Waals surface area contributed by atoms with E-state index in [4.69, 9.17) is 17.0 Å². The molecule has 0 rings (SSSR count). The second kappa shape index (κ2) is 22.7. The molecule has 0 aromatic carbocycles. The number of hydrogen-bond donors (Lipinski definition) is 2. The molecule has 0 heterocycles. The van der Waals surface area contributed by atoms with Crippen LogP contribution in [0.1, 0.15) is 13.3 Å². The molecule has 0 aliphatic heterocycles. The van der Waals surface area contributed by atoms with E-state index < -0.39 is 0 Å². The van der Waals surface area contributed by atoms with Crippen molar-refractivity contribution in [3.05, 3.63) is 0 Å². The van der Waals surface area contributed by atoms with Crippen LogP contribution in [0.2, 0.25) is 0 Å². The molecule has 0 aromatic heterocycles. The Hall–Kier alpha value is 0.500. The van der Waals surface area contributed by atoms with Gasteiger partial charge < -0.3 is 24.8 Å². The lowest BCUT2D eigenvalue weighted by atomic mass is 10.5. The SMILES string of the molecule is CCC(=[NH2+])Cl.[Cl-].[Cl-].[NH2+]=CCl. The lowest BCUT2D eigenvalue weighted by Gasteiger charge is -1.66. The van der Waals surface area contributed by atoms with Crippen LogP contribution < -0.4 is 35.6 Å². The van der Waals surface area contributed by atoms with Crippen molar-refractivity contribution in [2.45, 2.75) is 13.3 Å². The van der Waals surface area contributed by atoms with Crippen LogP contribution in [0.15, 0.2) is 0 Å². The average Bonchev–Trinajstić information content (AvgIpc) is 1.69. The van der Waals surface area contributed by atoms with Crippen LogP contribution in [0.4, 0.5) is 0 Å². The van der Waals surface area contributed by atoms with Gasteiger partial charge in [0.05, 0.1) is 0 Å². The van der Waals surface area contributed by atoms with Gasteiger partial charge in [0, 0.05) is 6.42 Å². The molecule has 0 aliphatic carbocycles. The van der Waals surface area contributed by atoms with E-state index in [9.17, 15) is 0 Å². The van der Waals surface area contributed by atoms with Crippen molar-refractivity contribution >= 4 is 34.0 Å². The third-order valence-corrected chi connectivity index (χ3v) is 0.605. The molecule has 10 heavy (non-hydrogen) atoms.